The van der Waals surface area contributed by atoms with E-state index in [1.807, 2.05) is 36.4 Å². The number of fused-ring (bicyclic) bond motifs is 4. The molecule has 150 valence electrons. The summed E-state index contributed by atoms with van der Waals surface area (Å²) in [5, 5.41) is 7.12. The molecule has 2 unspecified atom stereocenters. The molecule has 0 N–H and O–H groups in total. The molecule has 3 aromatic carbocycles. The first kappa shape index (κ1) is 17.8. The van der Waals surface area contributed by atoms with E-state index in [1.54, 1.807) is 0 Å². The van der Waals surface area contributed by atoms with Crippen LogP contribution in [0.5, 0.6) is 17.2 Å². The van der Waals surface area contributed by atoms with E-state index >= 15 is 0 Å². The second-order valence-corrected chi connectivity index (χ2v) is 8.48. The lowest BCUT2D eigenvalue weighted by Gasteiger charge is -2.38. The molecule has 0 saturated heterocycles. The van der Waals surface area contributed by atoms with Crippen molar-refractivity contribution in [3.63, 3.8) is 0 Å². The van der Waals surface area contributed by atoms with Gasteiger partial charge in [-0.15, -0.1) is 0 Å². The van der Waals surface area contributed by atoms with E-state index in [4.69, 9.17) is 19.3 Å². The molecule has 0 spiro atoms. The summed E-state index contributed by atoms with van der Waals surface area (Å²) in [5.74, 6) is 2.50. The van der Waals surface area contributed by atoms with Crippen LogP contribution in [0.15, 0.2) is 76.3 Å². The first-order valence-corrected chi connectivity index (χ1v) is 10.8. The van der Waals surface area contributed by atoms with Gasteiger partial charge in [-0.3, -0.25) is 0 Å². The van der Waals surface area contributed by atoms with Gasteiger partial charge in [0.05, 0.1) is 11.8 Å². The van der Waals surface area contributed by atoms with Crippen molar-refractivity contribution in [2.75, 3.05) is 13.2 Å². The fourth-order valence-electron chi connectivity index (χ4n) is 4.28. The van der Waals surface area contributed by atoms with Gasteiger partial charge >= 0.3 is 0 Å². The van der Waals surface area contributed by atoms with Gasteiger partial charge < -0.3 is 14.2 Å². The summed E-state index contributed by atoms with van der Waals surface area (Å²) in [6, 6.07) is 22.7. The molecular weight excluding hydrogens is 444 g/mol. The summed E-state index contributed by atoms with van der Waals surface area (Å²) in [5.41, 5.74) is 4.33. The van der Waals surface area contributed by atoms with Crippen LogP contribution in [0.25, 0.3) is 0 Å². The van der Waals surface area contributed by atoms with E-state index < -0.39 is 0 Å². The predicted molar refractivity (Wildman–Crippen MR) is 117 cm³/mol. The third kappa shape index (κ3) is 2.94. The molecule has 3 aliphatic rings. The van der Waals surface area contributed by atoms with Crippen LogP contribution in [0.1, 0.15) is 35.4 Å². The minimum absolute atomic E-state index is 0.131. The van der Waals surface area contributed by atoms with Crippen molar-refractivity contribution >= 4 is 21.6 Å². The van der Waals surface area contributed by atoms with Crippen LogP contribution in [0.4, 0.5) is 0 Å². The zero-order valence-corrected chi connectivity index (χ0v) is 17.7. The molecule has 6 rings (SSSR count). The fraction of sp³-hybridized carbons (Fsp3) is 0.208. The molecule has 0 bridgehead atoms. The number of hydrogen-bond donors (Lipinski definition) is 0. The standard InChI is InChI=1S/C24H19BrN2O3/c25-17-8-5-15(6-9-17)24-27-20(18-3-1-2-4-21(18)30-24)14-19(26-27)16-7-10-22-23(13-16)29-12-11-28-22/h1-10,13,20,24H,11-12,14H2. The Hall–Kier alpha value is -2.99. The minimum Gasteiger partial charge on any atom is -0.486 e. The van der Waals surface area contributed by atoms with Crippen LogP contribution in [-0.2, 0) is 0 Å². The molecule has 30 heavy (non-hydrogen) atoms. The first-order valence-electron chi connectivity index (χ1n) is 10.0. The van der Waals surface area contributed by atoms with Crippen molar-refractivity contribution in [2.24, 2.45) is 5.10 Å². The number of benzene rings is 3. The van der Waals surface area contributed by atoms with E-state index in [-0.39, 0.29) is 12.3 Å². The lowest BCUT2D eigenvalue weighted by Crippen LogP contribution is -2.33. The van der Waals surface area contributed by atoms with Crippen molar-refractivity contribution in [2.45, 2.75) is 18.7 Å². The van der Waals surface area contributed by atoms with Crippen molar-refractivity contribution in [3.8, 4) is 17.2 Å². The third-order valence-corrected chi connectivity index (χ3v) is 6.26. The van der Waals surface area contributed by atoms with Crippen molar-refractivity contribution in [1.29, 1.82) is 0 Å². The molecule has 3 aliphatic heterocycles. The summed E-state index contributed by atoms with van der Waals surface area (Å²) in [6.45, 7) is 1.16. The number of hydrazone groups is 1. The summed E-state index contributed by atoms with van der Waals surface area (Å²) < 4.78 is 18.9. The Morgan fingerprint density at radius 1 is 0.867 bits per heavy atom. The maximum atomic E-state index is 6.41. The lowest BCUT2D eigenvalue weighted by atomic mass is 9.96. The van der Waals surface area contributed by atoms with Crippen molar-refractivity contribution in [3.05, 3.63) is 87.9 Å². The lowest BCUT2D eigenvalue weighted by molar-refractivity contribution is -0.0190. The highest BCUT2D eigenvalue weighted by Crippen LogP contribution is 2.47. The zero-order valence-electron chi connectivity index (χ0n) is 16.1. The molecular formula is C24H19BrN2O3. The van der Waals surface area contributed by atoms with Crippen LogP contribution in [0.3, 0.4) is 0 Å². The molecule has 3 heterocycles. The number of nitrogens with zero attached hydrogens (tertiary/aromatic N) is 2. The quantitative estimate of drug-likeness (QED) is 0.506. The van der Waals surface area contributed by atoms with Crippen LogP contribution in [-0.4, -0.2) is 23.9 Å². The average molecular weight is 463 g/mol. The van der Waals surface area contributed by atoms with E-state index in [1.165, 1.54) is 5.56 Å². The zero-order chi connectivity index (χ0) is 20.1. The van der Waals surface area contributed by atoms with E-state index in [2.05, 4.69) is 51.3 Å². The average Bonchev–Trinajstić information content (AvgIpc) is 3.25. The molecule has 0 aliphatic carbocycles. The largest absolute Gasteiger partial charge is 0.486 e. The van der Waals surface area contributed by atoms with Gasteiger partial charge in [0, 0.05) is 27.6 Å². The SMILES string of the molecule is Brc1ccc(C2Oc3ccccc3C3CC(c4ccc5c(c4)OCCO5)=NN32)cc1. The molecule has 0 aromatic heterocycles. The Labute approximate surface area is 183 Å². The summed E-state index contributed by atoms with van der Waals surface area (Å²) in [6.07, 6.45) is 0.542. The first-order chi connectivity index (χ1) is 14.8. The third-order valence-electron chi connectivity index (χ3n) is 5.73. The number of rotatable bonds is 2. The molecule has 0 saturated carbocycles. The van der Waals surface area contributed by atoms with Gasteiger partial charge in [0.25, 0.3) is 0 Å². The number of ether oxygens (including phenoxy) is 3. The van der Waals surface area contributed by atoms with Crippen molar-refractivity contribution in [1.82, 2.24) is 5.01 Å². The molecule has 2 atom stereocenters. The van der Waals surface area contributed by atoms with Gasteiger partial charge in [-0.2, -0.15) is 5.10 Å². The maximum Gasteiger partial charge on any atom is 0.213 e. The van der Waals surface area contributed by atoms with Crippen LogP contribution < -0.4 is 14.2 Å². The molecule has 0 fully saturated rings. The number of halogens is 1. The Morgan fingerprint density at radius 3 is 2.53 bits per heavy atom. The molecule has 5 nitrogen and oxygen atoms in total. The summed E-state index contributed by atoms with van der Waals surface area (Å²) in [4.78, 5) is 0. The van der Waals surface area contributed by atoms with Gasteiger partial charge in [0.2, 0.25) is 6.23 Å². The minimum atomic E-state index is -0.271. The summed E-state index contributed by atoms with van der Waals surface area (Å²) >= 11 is 3.52. The fourth-order valence-corrected chi connectivity index (χ4v) is 4.54. The highest BCUT2D eigenvalue weighted by molar-refractivity contribution is 9.10. The summed E-state index contributed by atoms with van der Waals surface area (Å²) in [7, 11) is 0. The molecule has 3 aromatic rings. The number of hydrogen-bond acceptors (Lipinski definition) is 5. The Kier molecular flexibility index (Phi) is 4.20. The van der Waals surface area contributed by atoms with Crippen LogP contribution >= 0.6 is 15.9 Å². The predicted octanol–water partition coefficient (Wildman–Crippen LogP) is 5.46. The Balaban J connectivity index is 1.41. The second kappa shape index (κ2) is 7.06. The molecule has 0 amide bonds. The molecule has 6 heteroatoms. The van der Waals surface area contributed by atoms with Crippen molar-refractivity contribution < 1.29 is 14.2 Å². The van der Waals surface area contributed by atoms with E-state index in [9.17, 15) is 0 Å². The molecule has 0 radical (unpaired) electrons. The Bertz CT molecular complexity index is 1150. The van der Waals surface area contributed by atoms with E-state index in [0.717, 1.165) is 45.0 Å². The van der Waals surface area contributed by atoms with Crippen LogP contribution in [0.2, 0.25) is 0 Å². The van der Waals surface area contributed by atoms with Gasteiger partial charge in [-0.1, -0.05) is 46.3 Å². The monoisotopic (exact) mass is 462 g/mol. The highest BCUT2D eigenvalue weighted by Gasteiger charge is 2.40. The highest BCUT2D eigenvalue weighted by atomic mass is 79.9. The van der Waals surface area contributed by atoms with Gasteiger partial charge in [-0.25, -0.2) is 5.01 Å². The number of para-hydroxylation sites is 1. The maximum absolute atomic E-state index is 6.41. The topological polar surface area (TPSA) is 43.3 Å². The normalized spacial score (nSPS) is 21.4. The van der Waals surface area contributed by atoms with Gasteiger partial charge in [-0.05, 0) is 36.4 Å². The van der Waals surface area contributed by atoms with Crippen LogP contribution in [0, 0.1) is 0 Å². The second-order valence-electron chi connectivity index (χ2n) is 7.56. The van der Waals surface area contributed by atoms with E-state index in [0.29, 0.717) is 13.2 Å². The smallest absolute Gasteiger partial charge is 0.213 e. The van der Waals surface area contributed by atoms with Gasteiger partial charge in [0.15, 0.2) is 11.5 Å². The Morgan fingerprint density at radius 2 is 1.67 bits per heavy atom. The van der Waals surface area contributed by atoms with Gasteiger partial charge in [0.1, 0.15) is 19.0 Å².